The maximum absolute atomic E-state index is 10.5. The van der Waals surface area contributed by atoms with Crippen molar-refractivity contribution in [3.05, 3.63) is 0 Å². The third-order valence-corrected chi connectivity index (χ3v) is 27.7. The second-order valence-corrected chi connectivity index (χ2v) is 16.6. The van der Waals surface area contributed by atoms with Crippen molar-refractivity contribution in [2.24, 2.45) is 0 Å². The molecule has 6 heavy (non-hydrogen) atoms. The molecule has 1 spiro atoms. The predicted molar refractivity (Wildman–Crippen MR) is 31.1 cm³/mol. The van der Waals surface area contributed by atoms with Gasteiger partial charge in [-0.1, -0.05) is 0 Å². The average molecular weight is 152 g/mol. The Bertz CT molecular complexity index is 328. The highest BCUT2D eigenvalue weighted by Gasteiger charge is 2.73. The van der Waals surface area contributed by atoms with E-state index in [1.54, 1.807) is 7.87 Å². The van der Waals surface area contributed by atoms with E-state index >= 15 is 0 Å². The number of hydrogen-bond acceptors (Lipinski definition) is 1. The molecule has 5 heteroatoms. The van der Waals surface area contributed by atoms with Crippen LogP contribution in [0.3, 0.4) is 0 Å². The Hall–Kier alpha value is 1.00. The normalized spacial score (nSPS) is 73.7. The summed E-state index contributed by atoms with van der Waals surface area (Å²) in [5, 5.41) is 0. The summed E-state index contributed by atoms with van der Waals surface area (Å²) in [5.74, 6) is 0. The SMILES string of the molecule is O=P1=P2=P3=PC132. The van der Waals surface area contributed by atoms with Crippen LogP contribution in [0.4, 0.5) is 0 Å². The van der Waals surface area contributed by atoms with Crippen LogP contribution >= 0.6 is 27.9 Å². The Balaban J connectivity index is 3.28. The fourth-order valence-corrected chi connectivity index (χ4v) is 34.0. The van der Waals surface area contributed by atoms with Gasteiger partial charge in [-0.15, -0.1) is 0 Å². The van der Waals surface area contributed by atoms with E-state index in [9.17, 15) is 4.57 Å². The maximum Gasteiger partial charge on any atom is 0.185 e. The second-order valence-electron chi connectivity index (χ2n) is 1.55. The Morgan fingerprint density at radius 3 is 2.33 bits per heavy atom. The predicted octanol–water partition coefficient (Wildman–Crippen LogP) is 3.12. The molecule has 3 heterocycles. The summed E-state index contributed by atoms with van der Waals surface area (Å²) in [5.41, 5.74) is 0. The van der Waals surface area contributed by atoms with Crippen molar-refractivity contribution >= 4 is 27.9 Å². The summed E-state index contributed by atoms with van der Waals surface area (Å²) >= 11 is 0. The fraction of sp³-hybridized carbons (Fsp3) is 1.00. The third-order valence-electron chi connectivity index (χ3n) is 1.26. The summed E-state index contributed by atoms with van der Waals surface area (Å²) in [7, 11) is 1.11. The molecule has 3 aliphatic heterocycles. The fourth-order valence-electron chi connectivity index (χ4n) is 0.666. The van der Waals surface area contributed by atoms with Gasteiger partial charge in [-0.05, 0) is 14.4 Å². The van der Waals surface area contributed by atoms with Crippen LogP contribution in [0.2, 0.25) is 0 Å². The lowest BCUT2D eigenvalue weighted by Gasteiger charge is -1.53. The van der Waals surface area contributed by atoms with Crippen LogP contribution in [0.15, 0.2) is 0 Å². The zero-order valence-corrected chi connectivity index (χ0v) is 6.27. The minimum Gasteiger partial charge on any atom is -0.275 e. The van der Waals surface area contributed by atoms with Gasteiger partial charge in [0, 0.05) is 6.50 Å². The van der Waals surface area contributed by atoms with Crippen LogP contribution in [-0.2, 0) is 4.57 Å². The summed E-state index contributed by atoms with van der Waals surface area (Å²) in [4.78, 5) is 0. The van der Waals surface area contributed by atoms with Gasteiger partial charge in [0.05, 0.1) is 0 Å². The molecule has 0 fully saturated rings. The van der Waals surface area contributed by atoms with Crippen LogP contribution in [-0.4, -0.2) is 4.38 Å². The van der Waals surface area contributed by atoms with Gasteiger partial charge in [0.15, 0.2) is 11.5 Å². The lowest BCUT2D eigenvalue weighted by Crippen LogP contribution is -1.46. The molecule has 0 saturated heterocycles. The van der Waals surface area contributed by atoms with Gasteiger partial charge in [-0.2, -0.15) is 0 Å². The standard InChI is InChI=1S/COP4/c2-4-1-3-5(1)6(1)4. The summed E-state index contributed by atoms with van der Waals surface area (Å²) in [6.07, 6.45) is 0. The minimum absolute atomic E-state index is 0.312. The first-order valence-corrected chi connectivity index (χ1v) is 8.63. The molecule has 0 bridgehead atoms. The molecule has 0 N–H and O–H groups in total. The molecule has 0 radical (unpaired) electrons. The quantitative estimate of drug-likeness (QED) is 0.487. The highest BCUT2D eigenvalue weighted by atomic mass is 32.3. The van der Waals surface area contributed by atoms with E-state index in [1.165, 1.54) is 0 Å². The molecule has 1 nitrogen and oxygen atoms in total. The maximum atomic E-state index is 10.5. The Morgan fingerprint density at radius 2 is 2.33 bits per heavy atom. The average Bonchev–Trinajstić information content (AvgIpc) is 2.13. The van der Waals surface area contributed by atoms with E-state index in [2.05, 4.69) is 0 Å². The van der Waals surface area contributed by atoms with E-state index in [4.69, 9.17) is 0 Å². The highest BCUT2D eigenvalue weighted by Crippen LogP contribution is 3.18. The molecule has 4 unspecified atom stereocenters. The van der Waals surface area contributed by atoms with Gasteiger partial charge in [-0.25, -0.2) is 0 Å². The molecule has 4 atom stereocenters. The van der Waals surface area contributed by atoms with Crippen molar-refractivity contribution in [1.82, 2.24) is 0 Å². The van der Waals surface area contributed by atoms with Crippen molar-refractivity contribution in [2.45, 2.75) is 4.38 Å². The molecule has 3 aliphatic rings. The molecular formula is COP4. The first kappa shape index (κ1) is 3.11. The van der Waals surface area contributed by atoms with Crippen molar-refractivity contribution in [3.8, 4) is 0 Å². The van der Waals surface area contributed by atoms with Crippen LogP contribution in [0.1, 0.15) is 0 Å². The van der Waals surface area contributed by atoms with Crippen molar-refractivity contribution in [3.63, 3.8) is 0 Å². The summed E-state index contributed by atoms with van der Waals surface area (Å²) in [6, 6.07) is 0. The molecule has 0 amide bonds. The largest absolute Gasteiger partial charge is 0.275 e. The van der Waals surface area contributed by atoms with Gasteiger partial charge in [0.2, 0.25) is 0 Å². The molecule has 0 saturated carbocycles. The number of hydrogen-bond donors (Lipinski definition) is 0. The topological polar surface area (TPSA) is 17.1 Å². The molecule has 0 aliphatic carbocycles. The van der Waals surface area contributed by atoms with E-state index in [-0.39, 0.29) is 0 Å². The lowest BCUT2D eigenvalue weighted by molar-refractivity contribution is 0.600. The van der Waals surface area contributed by atoms with Gasteiger partial charge < -0.3 is 0 Å². The van der Waals surface area contributed by atoms with Crippen molar-refractivity contribution < 1.29 is 4.57 Å². The Labute approximate surface area is 37.6 Å². The zero-order chi connectivity index (χ0) is 3.94. The molecule has 3 rings (SSSR count). The molecule has 0 aromatic rings. The van der Waals surface area contributed by atoms with Gasteiger partial charge in [-0.3, -0.25) is 4.57 Å². The van der Waals surface area contributed by atoms with E-state index in [0.29, 0.717) is 17.4 Å². The van der Waals surface area contributed by atoms with Gasteiger partial charge in [0.1, 0.15) is 0 Å². The lowest BCUT2D eigenvalue weighted by atomic mass is 11.8. The Morgan fingerprint density at radius 1 is 1.67 bits per heavy atom. The smallest absolute Gasteiger partial charge is 0.185 e. The highest BCUT2D eigenvalue weighted by molar-refractivity contribution is 8.72. The molecule has 0 aromatic carbocycles. The van der Waals surface area contributed by atoms with Crippen LogP contribution in [0.5, 0.6) is 0 Å². The summed E-state index contributed by atoms with van der Waals surface area (Å²) in [6.45, 7) is 0.837. The third kappa shape index (κ3) is 0.118. The minimum atomic E-state index is -0.511. The van der Waals surface area contributed by atoms with Crippen LogP contribution in [0.25, 0.3) is 0 Å². The first-order valence-electron chi connectivity index (χ1n) is 1.68. The molecule has 0 aromatic heterocycles. The van der Waals surface area contributed by atoms with E-state index in [0.717, 1.165) is 0 Å². The van der Waals surface area contributed by atoms with E-state index < -0.39 is 7.09 Å². The second kappa shape index (κ2) is 0.519. The number of rotatable bonds is 0. The van der Waals surface area contributed by atoms with Crippen molar-refractivity contribution in [1.29, 1.82) is 0 Å². The first-order chi connectivity index (χ1) is 2.87. The van der Waals surface area contributed by atoms with Crippen LogP contribution < -0.4 is 0 Å². The zero-order valence-electron chi connectivity index (χ0n) is 2.70. The van der Waals surface area contributed by atoms with Crippen LogP contribution in [0, 0.1) is 0 Å². The van der Waals surface area contributed by atoms with Gasteiger partial charge >= 0.3 is 0 Å². The molecule has 30 valence electrons. The monoisotopic (exact) mass is 152 g/mol. The van der Waals surface area contributed by atoms with Gasteiger partial charge in [0.25, 0.3) is 0 Å². The van der Waals surface area contributed by atoms with Crippen molar-refractivity contribution in [2.75, 3.05) is 0 Å². The van der Waals surface area contributed by atoms with E-state index in [1.807, 2.05) is 0 Å². The Kier molecular flexibility index (Phi) is 0.269. The summed E-state index contributed by atoms with van der Waals surface area (Å²) < 4.78 is 11.1. The molecular weight excluding hydrogens is 152 g/mol.